The first-order valence-corrected chi connectivity index (χ1v) is 10.9. The summed E-state index contributed by atoms with van der Waals surface area (Å²) in [7, 11) is 0. The van der Waals surface area contributed by atoms with Gasteiger partial charge in [-0.25, -0.2) is 4.98 Å². The summed E-state index contributed by atoms with van der Waals surface area (Å²) in [5.74, 6) is 0.421. The lowest BCUT2D eigenvalue weighted by atomic mass is 10.2. The second kappa shape index (κ2) is 9.04. The van der Waals surface area contributed by atoms with Gasteiger partial charge in [0.25, 0.3) is 5.91 Å². The SMILES string of the molecule is CCOc1cccc2sc(N(CCn3cccn3)C(=O)c3cc(Cl)ccc3Cl)nc12. The fraction of sp³-hybridized carbons (Fsp3) is 0.190. The van der Waals surface area contributed by atoms with Gasteiger partial charge in [0, 0.05) is 24.0 Å². The van der Waals surface area contributed by atoms with Crippen molar-refractivity contribution in [1.29, 1.82) is 0 Å². The smallest absolute Gasteiger partial charge is 0.261 e. The molecule has 9 heteroatoms. The number of halogens is 2. The number of amides is 1. The van der Waals surface area contributed by atoms with Crippen LogP contribution in [0.2, 0.25) is 10.0 Å². The molecule has 0 aliphatic carbocycles. The maximum absolute atomic E-state index is 13.5. The van der Waals surface area contributed by atoms with Gasteiger partial charge in [-0.3, -0.25) is 14.4 Å². The summed E-state index contributed by atoms with van der Waals surface area (Å²) in [6.07, 6.45) is 3.55. The topological polar surface area (TPSA) is 60.2 Å². The van der Waals surface area contributed by atoms with E-state index in [-0.39, 0.29) is 5.91 Å². The molecule has 0 N–H and O–H groups in total. The molecule has 0 bridgehead atoms. The normalized spacial score (nSPS) is 11.0. The molecule has 6 nitrogen and oxygen atoms in total. The second-order valence-corrected chi connectivity index (χ2v) is 8.24. The van der Waals surface area contributed by atoms with E-state index in [2.05, 4.69) is 5.10 Å². The third kappa shape index (κ3) is 4.28. The van der Waals surface area contributed by atoms with Gasteiger partial charge in [-0.1, -0.05) is 40.6 Å². The monoisotopic (exact) mass is 460 g/mol. The molecule has 0 radical (unpaired) electrons. The summed E-state index contributed by atoms with van der Waals surface area (Å²) in [6.45, 7) is 3.33. The van der Waals surface area contributed by atoms with E-state index in [0.29, 0.717) is 46.2 Å². The first-order chi connectivity index (χ1) is 14.6. The summed E-state index contributed by atoms with van der Waals surface area (Å²) < 4.78 is 8.40. The quantitative estimate of drug-likeness (QED) is 0.362. The summed E-state index contributed by atoms with van der Waals surface area (Å²) in [6, 6.07) is 12.4. The average molecular weight is 461 g/mol. The summed E-state index contributed by atoms with van der Waals surface area (Å²) in [5.41, 5.74) is 1.06. The van der Waals surface area contributed by atoms with Crippen LogP contribution in [-0.2, 0) is 6.54 Å². The Balaban J connectivity index is 1.75. The Kier molecular flexibility index (Phi) is 6.22. The van der Waals surface area contributed by atoms with E-state index in [4.69, 9.17) is 32.9 Å². The zero-order chi connectivity index (χ0) is 21.1. The number of fused-ring (bicyclic) bond motifs is 1. The van der Waals surface area contributed by atoms with E-state index in [1.807, 2.05) is 37.4 Å². The fourth-order valence-corrected chi connectivity index (χ4v) is 4.40. The number of nitrogens with zero attached hydrogens (tertiary/aromatic N) is 4. The molecular formula is C21H18Cl2N4O2S. The van der Waals surface area contributed by atoms with Crippen LogP contribution in [0.15, 0.2) is 54.9 Å². The third-order valence-corrected chi connectivity index (χ3v) is 6.03. The van der Waals surface area contributed by atoms with Crippen molar-refractivity contribution in [2.24, 2.45) is 0 Å². The predicted molar refractivity (Wildman–Crippen MR) is 121 cm³/mol. The number of anilines is 1. The molecule has 0 unspecified atom stereocenters. The minimum atomic E-state index is -0.272. The van der Waals surface area contributed by atoms with Crippen molar-refractivity contribution in [3.05, 3.63) is 70.5 Å². The first-order valence-electron chi connectivity index (χ1n) is 9.33. The molecular weight excluding hydrogens is 443 g/mol. The molecule has 30 heavy (non-hydrogen) atoms. The second-order valence-electron chi connectivity index (χ2n) is 6.38. The number of thiazole rings is 1. The first kappa shape index (κ1) is 20.7. The van der Waals surface area contributed by atoms with Crippen LogP contribution >= 0.6 is 34.5 Å². The van der Waals surface area contributed by atoms with E-state index in [1.54, 1.807) is 34.0 Å². The van der Waals surface area contributed by atoms with Crippen molar-refractivity contribution in [3.63, 3.8) is 0 Å². The van der Waals surface area contributed by atoms with Crippen LogP contribution in [0.3, 0.4) is 0 Å². The fourth-order valence-electron chi connectivity index (χ4n) is 3.03. The van der Waals surface area contributed by atoms with Crippen LogP contribution in [0.25, 0.3) is 10.2 Å². The lowest BCUT2D eigenvalue weighted by molar-refractivity contribution is 0.0986. The van der Waals surface area contributed by atoms with Gasteiger partial charge in [0.1, 0.15) is 11.3 Å². The summed E-state index contributed by atoms with van der Waals surface area (Å²) >= 11 is 13.8. The highest BCUT2D eigenvalue weighted by Gasteiger charge is 2.24. The molecule has 0 fully saturated rings. The standard InChI is InChI=1S/C21H18Cl2N4O2S/c1-2-29-17-5-3-6-18-19(17)25-21(30-18)27(12-11-26-10-4-9-24-26)20(28)15-13-14(22)7-8-16(15)23/h3-10,13H,2,11-12H2,1H3. The zero-order valence-corrected chi connectivity index (χ0v) is 18.4. The Hall–Kier alpha value is -2.61. The maximum Gasteiger partial charge on any atom is 0.261 e. The van der Waals surface area contributed by atoms with Gasteiger partial charge >= 0.3 is 0 Å². The largest absolute Gasteiger partial charge is 0.492 e. The average Bonchev–Trinajstić information content (AvgIpc) is 3.40. The van der Waals surface area contributed by atoms with Crippen molar-refractivity contribution in [2.45, 2.75) is 13.5 Å². The molecule has 0 saturated carbocycles. The van der Waals surface area contributed by atoms with Crippen molar-refractivity contribution < 1.29 is 9.53 Å². The molecule has 4 aromatic rings. The maximum atomic E-state index is 13.5. The predicted octanol–water partition coefficient (Wildman–Crippen LogP) is 5.55. The molecule has 2 heterocycles. The molecule has 2 aromatic carbocycles. The Morgan fingerprint density at radius 2 is 2.10 bits per heavy atom. The Morgan fingerprint density at radius 1 is 1.23 bits per heavy atom. The van der Waals surface area contributed by atoms with Crippen LogP contribution < -0.4 is 9.64 Å². The van der Waals surface area contributed by atoms with Crippen LogP contribution in [0.4, 0.5) is 5.13 Å². The number of ether oxygens (including phenoxy) is 1. The highest BCUT2D eigenvalue weighted by molar-refractivity contribution is 7.22. The number of carbonyl (C=O) groups excluding carboxylic acids is 1. The van der Waals surface area contributed by atoms with Crippen LogP contribution in [0.5, 0.6) is 5.75 Å². The van der Waals surface area contributed by atoms with E-state index < -0.39 is 0 Å². The van der Waals surface area contributed by atoms with E-state index in [9.17, 15) is 4.79 Å². The minimum absolute atomic E-state index is 0.272. The Morgan fingerprint density at radius 3 is 2.87 bits per heavy atom. The summed E-state index contributed by atoms with van der Waals surface area (Å²) in [4.78, 5) is 19.8. The van der Waals surface area contributed by atoms with Gasteiger partial charge in [-0.2, -0.15) is 5.10 Å². The third-order valence-electron chi connectivity index (χ3n) is 4.42. The number of para-hydroxylation sites is 1. The van der Waals surface area contributed by atoms with Gasteiger partial charge in [0.05, 0.1) is 28.4 Å². The van der Waals surface area contributed by atoms with Gasteiger partial charge in [0.15, 0.2) is 5.13 Å². The number of aromatic nitrogens is 3. The molecule has 4 rings (SSSR count). The van der Waals surface area contributed by atoms with Gasteiger partial charge in [0.2, 0.25) is 0 Å². The number of hydrogen-bond acceptors (Lipinski definition) is 5. The van der Waals surface area contributed by atoms with E-state index >= 15 is 0 Å². The van der Waals surface area contributed by atoms with Gasteiger partial charge in [-0.15, -0.1) is 0 Å². The van der Waals surface area contributed by atoms with Crippen molar-refractivity contribution in [3.8, 4) is 5.75 Å². The molecule has 0 aliphatic rings. The molecule has 1 amide bonds. The van der Waals surface area contributed by atoms with Crippen molar-refractivity contribution in [2.75, 3.05) is 18.1 Å². The summed E-state index contributed by atoms with van der Waals surface area (Å²) in [5, 5.41) is 5.56. The van der Waals surface area contributed by atoms with Crippen LogP contribution in [-0.4, -0.2) is 33.8 Å². The number of hydrogen-bond donors (Lipinski definition) is 0. The van der Waals surface area contributed by atoms with Crippen LogP contribution in [0.1, 0.15) is 17.3 Å². The molecule has 0 spiro atoms. The molecule has 154 valence electrons. The van der Waals surface area contributed by atoms with Crippen molar-refractivity contribution in [1.82, 2.24) is 14.8 Å². The zero-order valence-electron chi connectivity index (χ0n) is 16.1. The molecule has 2 aromatic heterocycles. The highest BCUT2D eigenvalue weighted by atomic mass is 35.5. The van der Waals surface area contributed by atoms with E-state index in [0.717, 1.165) is 10.2 Å². The molecule has 0 atom stereocenters. The Labute approximate surface area is 187 Å². The van der Waals surface area contributed by atoms with Gasteiger partial charge < -0.3 is 4.74 Å². The van der Waals surface area contributed by atoms with Crippen molar-refractivity contribution >= 4 is 55.8 Å². The highest BCUT2D eigenvalue weighted by Crippen LogP contribution is 2.35. The number of benzene rings is 2. The number of carbonyl (C=O) groups is 1. The number of rotatable bonds is 7. The van der Waals surface area contributed by atoms with Gasteiger partial charge in [-0.05, 0) is 43.3 Å². The molecule has 0 aliphatic heterocycles. The van der Waals surface area contributed by atoms with E-state index in [1.165, 1.54) is 11.3 Å². The lowest BCUT2D eigenvalue weighted by Crippen LogP contribution is -2.34. The Bertz CT molecular complexity index is 1180. The van der Waals surface area contributed by atoms with Crippen LogP contribution in [0, 0.1) is 0 Å². The molecule has 0 saturated heterocycles. The lowest BCUT2D eigenvalue weighted by Gasteiger charge is -2.20. The minimum Gasteiger partial charge on any atom is -0.492 e.